The van der Waals surface area contributed by atoms with Crippen LogP contribution in [0.4, 0.5) is 0 Å². The Labute approximate surface area is 156 Å². The number of carbonyl (C=O) groups excluding carboxylic acids is 2. The molecule has 0 saturated carbocycles. The van der Waals surface area contributed by atoms with Crippen LogP contribution in [0.3, 0.4) is 0 Å². The maximum absolute atomic E-state index is 12.5. The maximum Gasteiger partial charge on any atom is 0.344 e. The number of ether oxygens (including phenoxy) is 1. The topological polar surface area (TPSA) is 102 Å². The van der Waals surface area contributed by atoms with Crippen LogP contribution in [0.15, 0.2) is 45.7 Å². The molecule has 2 heterocycles. The number of amides is 1. The molecule has 1 saturated heterocycles. The van der Waals surface area contributed by atoms with Gasteiger partial charge in [-0.1, -0.05) is 30.0 Å². The van der Waals surface area contributed by atoms with Gasteiger partial charge in [0.2, 0.25) is 5.91 Å². The standard InChI is InChI=1S/C17H20N2O5S2/c1-3-24-17(21)14-10(2)13-15(20)18-12(19-16(13)25-14)9-26(22,23)11-7-5-4-6-8-11/h4-8,12-13,16,19H,3,9H2,1-2H3,(H,18,20). The molecule has 2 aliphatic rings. The Bertz CT molecular complexity index is 851. The van der Waals surface area contributed by atoms with Gasteiger partial charge < -0.3 is 10.1 Å². The molecule has 0 aliphatic carbocycles. The van der Waals surface area contributed by atoms with Crippen molar-refractivity contribution in [3.8, 4) is 0 Å². The van der Waals surface area contributed by atoms with Crippen LogP contribution in [0.5, 0.6) is 0 Å². The van der Waals surface area contributed by atoms with E-state index in [0.717, 1.165) is 0 Å². The molecular formula is C17H20N2O5S2. The van der Waals surface area contributed by atoms with E-state index in [-0.39, 0.29) is 28.5 Å². The highest BCUT2D eigenvalue weighted by Gasteiger charge is 2.46. The predicted octanol–water partition coefficient (Wildman–Crippen LogP) is 1.03. The van der Waals surface area contributed by atoms with Crippen LogP contribution in [-0.4, -0.2) is 44.2 Å². The molecule has 3 atom stereocenters. The number of hydrogen-bond donors (Lipinski definition) is 2. The zero-order valence-electron chi connectivity index (χ0n) is 14.4. The van der Waals surface area contributed by atoms with Crippen molar-refractivity contribution in [3.05, 3.63) is 40.8 Å². The first-order chi connectivity index (χ1) is 12.3. The molecule has 9 heteroatoms. The van der Waals surface area contributed by atoms with E-state index in [9.17, 15) is 18.0 Å². The van der Waals surface area contributed by atoms with E-state index in [4.69, 9.17) is 4.74 Å². The third kappa shape index (κ3) is 3.65. The summed E-state index contributed by atoms with van der Waals surface area (Å²) in [6, 6.07) is 8.10. The molecule has 2 N–H and O–H groups in total. The Balaban J connectivity index is 1.74. The number of benzene rings is 1. The monoisotopic (exact) mass is 396 g/mol. The SMILES string of the molecule is CCOC(=O)C1=C(C)C2C(=O)NC(CS(=O)(=O)c3ccccc3)NC2S1. The predicted molar refractivity (Wildman–Crippen MR) is 97.8 cm³/mol. The molecule has 1 aromatic carbocycles. The minimum atomic E-state index is -3.56. The number of esters is 1. The van der Waals surface area contributed by atoms with Crippen molar-refractivity contribution in [1.29, 1.82) is 0 Å². The first-order valence-electron chi connectivity index (χ1n) is 8.22. The smallest absolute Gasteiger partial charge is 0.344 e. The molecule has 3 rings (SSSR count). The lowest BCUT2D eigenvalue weighted by Crippen LogP contribution is -2.61. The Morgan fingerprint density at radius 2 is 1.96 bits per heavy atom. The molecular weight excluding hydrogens is 376 g/mol. The average molecular weight is 396 g/mol. The summed E-state index contributed by atoms with van der Waals surface area (Å²) < 4.78 is 30.1. The van der Waals surface area contributed by atoms with E-state index >= 15 is 0 Å². The van der Waals surface area contributed by atoms with Crippen molar-refractivity contribution in [2.75, 3.05) is 12.4 Å². The maximum atomic E-state index is 12.5. The quantitative estimate of drug-likeness (QED) is 0.717. The number of thioether (sulfide) groups is 1. The number of fused-ring (bicyclic) bond motifs is 1. The van der Waals surface area contributed by atoms with E-state index in [2.05, 4.69) is 10.6 Å². The Hall–Kier alpha value is -1.84. The highest BCUT2D eigenvalue weighted by Crippen LogP contribution is 2.42. The highest BCUT2D eigenvalue weighted by atomic mass is 32.2. The van der Waals surface area contributed by atoms with Crippen LogP contribution in [-0.2, 0) is 24.2 Å². The molecule has 0 radical (unpaired) electrons. The largest absolute Gasteiger partial charge is 0.462 e. The normalized spacial score (nSPS) is 25.6. The van der Waals surface area contributed by atoms with Crippen molar-refractivity contribution in [1.82, 2.24) is 10.6 Å². The van der Waals surface area contributed by atoms with E-state index < -0.39 is 27.9 Å². The number of nitrogens with one attached hydrogen (secondary N) is 2. The summed E-state index contributed by atoms with van der Waals surface area (Å²) in [5.74, 6) is -1.52. The summed E-state index contributed by atoms with van der Waals surface area (Å²) in [4.78, 5) is 25.2. The lowest BCUT2D eigenvalue weighted by Gasteiger charge is -2.33. The summed E-state index contributed by atoms with van der Waals surface area (Å²) in [7, 11) is -3.56. The van der Waals surface area contributed by atoms with Crippen LogP contribution in [0.25, 0.3) is 0 Å². The van der Waals surface area contributed by atoms with Gasteiger partial charge in [0.25, 0.3) is 0 Å². The highest BCUT2D eigenvalue weighted by molar-refractivity contribution is 8.04. The van der Waals surface area contributed by atoms with Crippen LogP contribution in [0.1, 0.15) is 13.8 Å². The van der Waals surface area contributed by atoms with Gasteiger partial charge in [0, 0.05) is 0 Å². The van der Waals surface area contributed by atoms with Gasteiger partial charge in [-0.15, -0.1) is 0 Å². The average Bonchev–Trinajstić information content (AvgIpc) is 2.92. The molecule has 1 amide bonds. The van der Waals surface area contributed by atoms with Crippen molar-refractivity contribution in [3.63, 3.8) is 0 Å². The number of rotatable bonds is 5. The third-order valence-corrected chi connectivity index (χ3v) is 7.43. The minimum Gasteiger partial charge on any atom is -0.462 e. The summed E-state index contributed by atoms with van der Waals surface area (Å²) in [6.07, 6.45) is -0.726. The number of sulfone groups is 1. The Kier molecular flexibility index (Phi) is 5.40. The Morgan fingerprint density at radius 1 is 1.27 bits per heavy atom. The lowest BCUT2D eigenvalue weighted by atomic mass is 9.97. The van der Waals surface area contributed by atoms with Crippen LogP contribution in [0.2, 0.25) is 0 Å². The van der Waals surface area contributed by atoms with Gasteiger partial charge in [0.15, 0.2) is 9.84 Å². The van der Waals surface area contributed by atoms with Crippen molar-refractivity contribution in [2.24, 2.45) is 5.92 Å². The zero-order valence-corrected chi connectivity index (χ0v) is 16.0. The van der Waals surface area contributed by atoms with Crippen molar-refractivity contribution < 1.29 is 22.7 Å². The second-order valence-corrected chi connectivity index (χ2v) is 9.26. The second kappa shape index (κ2) is 7.42. The fourth-order valence-electron chi connectivity index (χ4n) is 3.06. The van der Waals surface area contributed by atoms with E-state index in [0.29, 0.717) is 10.5 Å². The minimum absolute atomic E-state index is 0.207. The molecule has 140 valence electrons. The third-order valence-electron chi connectivity index (χ3n) is 4.29. The molecule has 0 aromatic heterocycles. The van der Waals surface area contributed by atoms with Gasteiger partial charge in [-0.25, -0.2) is 13.2 Å². The van der Waals surface area contributed by atoms with Crippen molar-refractivity contribution >= 4 is 33.5 Å². The molecule has 2 aliphatic heterocycles. The first kappa shape index (κ1) is 18.9. The molecule has 7 nitrogen and oxygen atoms in total. The summed E-state index contributed by atoms with van der Waals surface area (Å²) >= 11 is 1.22. The molecule has 1 aromatic rings. The number of carbonyl (C=O) groups is 2. The molecule has 0 bridgehead atoms. The van der Waals surface area contributed by atoms with Gasteiger partial charge in [-0.3, -0.25) is 10.1 Å². The van der Waals surface area contributed by atoms with Gasteiger partial charge in [-0.2, -0.15) is 0 Å². The number of hydrogen-bond acceptors (Lipinski definition) is 7. The van der Waals surface area contributed by atoms with Crippen LogP contribution >= 0.6 is 11.8 Å². The fourth-order valence-corrected chi connectivity index (χ4v) is 5.86. The first-order valence-corrected chi connectivity index (χ1v) is 10.8. The Morgan fingerprint density at radius 3 is 2.62 bits per heavy atom. The summed E-state index contributed by atoms with van der Waals surface area (Å²) in [5.41, 5.74) is 0.646. The molecule has 3 unspecified atom stereocenters. The molecule has 0 spiro atoms. The molecule has 26 heavy (non-hydrogen) atoms. The second-order valence-electron chi connectivity index (χ2n) is 6.07. The molecule has 1 fully saturated rings. The van der Waals surface area contributed by atoms with Gasteiger partial charge >= 0.3 is 5.97 Å². The van der Waals surface area contributed by atoms with Gasteiger partial charge in [-0.05, 0) is 31.6 Å². The van der Waals surface area contributed by atoms with E-state index in [1.165, 1.54) is 23.9 Å². The van der Waals surface area contributed by atoms with Gasteiger partial charge in [0.1, 0.15) is 0 Å². The van der Waals surface area contributed by atoms with Gasteiger partial charge in [0.05, 0.1) is 39.6 Å². The van der Waals surface area contributed by atoms with Crippen molar-refractivity contribution in [2.45, 2.75) is 30.3 Å². The van der Waals surface area contributed by atoms with Crippen LogP contribution in [0, 0.1) is 5.92 Å². The lowest BCUT2D eigenvalue weighted by molar-refractivity contribution is -0.137. The summed E-state index contributed by atoms with van der Waals surface area (Å²) in [6.45, 7) is 3.70. The van der Waals surface area contributed by atoms with Crippen LogP contribution < -0.4 is 10.6 Å². The van der Waals surface area contributed by atoms with E-state index in [1.54, 1.807) is 32.0 Å². The fraction of sp³-hybridized carbons (Fsp3) is 0.412. The summed E-state index contributed by atoms with van der Waals surface area (Å²) in [5, 5.41) is 5.45. The van der Waals surface area contributed by atoms with E-state index in [1.807, 2.05) is 0 Å². The zero-order chi connectivity index (χ0) is 18.9.